The predicted molar refractivity (Wildman–Crippen MR) is 71.3 cm³/mol. The van der Waals surface area contributed by atoms with Gasteiger partial charge in [-0.1, -0.05) is 11.6 Å². The van der Waals surface area contributed by atoms with E-state index in [9.17, 15) is 4.79 Å². The number of benzene rings is 1. The maximum atomic E-state index is 12.0. The van der Waals surface area contributed by atoms with E-state index in [1.807, 2.05) is 20.8 Å². The van der Waals surface area contributed by atoms with Crippen LogP contribution < -0.4 is 5.73 Å². The molecule has 0 saturated carbocycles. The quantitative estimate of drug-likeness (QED) is 0.735. The lowest BCUT2D eigenvalue weighted by Gasteiger charge is -2.24. The third-order valence-corrected chi connectivity index (χ3v) is 3.11. The number of amides is 1. The van der Waals surface area contributed by atoms with E-state index < -0.39 is 5.60 Å². The summed E-state index contributed by atoms with van der Waals surface area (Å²) in [6, 6.07) is 3.52. The molecule has 98 valence electrons. The molecule has 18 heavy (non-hydrogen) atoms. The molecule has 2 rings (SSSR count). The van der Waals surface area contributed by atoms with Gasteiger partial charge in [0.25, 0.3) is 0 Å². The highest BCUT2D eigenvalue weighted by atomic mass is 35.5. The Morgan fingerprint density at radius 1 is 1.33 bits per heavy atom. The fraction of sp³-hybridized carbons (Fsp3) is 0.462. The van der Waals surface area contributed by atoms with Gasteiger partial charge in [-0.3, -0.25) is 4.90 Å². The Hall–Kier alpha value is -1.42. The second-order valence-corrected chi connectivity index (χ2v) is 5.84. The zero-order valence-electron chi connectivity index (χ0n) is 10.8. The van der Waals surface area contributed by atoms with E-state index in [4.69, 9.17) is 22.1 Å². The molecule has 0 fully saturated rings. The first-order chi connectivity index (χ1) is 8.28. The van der Waals surface area contributed by atoms with Gasteiger partial charge in [-0.05, 0) is 38.5 Å². The van der Waals surface area contributed by atoms with Crippen molar-refractivity contribution in [3.8, 4) is 0 Å². The predicted octanol–water partition coefficient (Wildman–Crippen LogP) is 3.17. The lowest BCUT2D eigenvalue weighted by atomic mass is 10.1. The molecule has 2 N–H and O–H groups in total. The normalized spacial score (nSPS) is 14.6. The van der Waals surface area contributed by atoms with E-state index in [1.165, 1.54) is 0 Å². The molecule has 0 spiro atoms. The monoisotopic (exact) mass is 268 g/mol. The standard InChI is InChI=1S/C13H17ClN2O2/c1-13(2,3)18-12(17)16-6-8-9(7-16)11(15)5-4-10(8)14/h4-5H,6-7,15H2,1-3H3. The smallest absolute Gasteiger partial charge is 0.410 e. The fourth-order valence-corrected chi connectivity index (χ4v) is 2.17. The highest BCUT2D eigenvalue weighted by molar-refractivity contribution is 6.31. The van der Waals surface area contributed by atoms with Crippen molar-refractivity contribution >= 4 is 23.4 Å². The zero-order chi connectivity index (χ0) is 13.5. The Labute approximate surface area is 112 Å². The van der Waals surface area contributed by atoms with Crippen LogP contribution in [0.3, 0.4) is 0 Å². The molecule has 1 aromatic carbocycles. The fourth-order valence-electron chi connectivity index (χ4n) is 1.93. The third kappa shape index (κ3) is 2.53. The van der Waals surface area contributed by atoms with Gasteiger partial charge in [0.1, 0.15) is 5.60 Å². The first kappa shape index (κ1) is 13.0. The highest BCUT2D eigenvalue weighted by Gasteiger charge is 2.30. The van der Waals surface area contributed by atoms with Crippen LogP contribution in [0.1, 0.15) is 31.9 Å². The van der Waals surface area contributed by atoms with Crippen molar-refractivity contribution in [3.63, 3.8) is 0 Å². The number of nitrogens with zero attached hydrogens (tertiary/aromatic N) is 1. The third-order valence-electron chi connectivity index (χ3n) is 2.76. The number of halogens is 1. The van der Waals surface area contributed by atoms with Gasteiger partial charge in [0.05, 0.1) is 13.1 Å². The Morgan fingerprint density at radius 2 is 1.94 bits per heavy atom. The van der Waals surface area contributed by atoms with E-state index >= 15 is 0 Å². The van der Waals surface area contributed by atoms with E-state index in [2.05, 4.69) is 0 Å². The van der Waals surface area contributed by atoms with Crippen molar-refractivity contribution in [1.82, 2.24) is 4.90 Å². The number of fused-ring (bicyclic) bond motifs is 1. The van der Waals surface area contributed by atoms with Crippen LogP contribution in [0.5, 0.6) is 0 Å². The maximum absolute atomic E-state index is 12.0. The van der Waals surface area contributed by atoms with E-state index in [-0.39, 0.29) is 6.09 Å². The van der Waals surface area contributed by atoms with Crippen LogP contribution in [0.25, 0.3) is 0 Å². The van der Waals surface area contributed by atoms with Gasteiger partial charge < -0.3 is 10.5 Å². The molecular weight excluding hydrogens is 252 g/mol. The van der Waals surface area contributed by atoms with Crippen LogP contribution in [-0.4, -0.2) is 16.6 Å². The lowest BCUT2D eigenvalue weighted by molar-refractivity contribution is 0.0242. The van der Waals surface area contributed by atoms with Gasteiger partial charge in [0.15, 0.2) is 0 Å². The van der Waals surface area contributed by atoms with Gasteiger partial charge >= 0.3 is 6.09 Å². The van der Waals surface area contributed by atoms with Crippen LogP contribution in [0.2, 0.25) is 5.02 Å². The Kier molecular flexibility index (Phi) is 3.15. The molecule has 5 heteroatoms. The zero-order valence-corrected chi connectivity index (χ0v) is 11.5. The second kappa shape index (κ2) is 4.35. The molecule has 1 aliphatic heterocycles. The Morgan fingerprint density at radius 3 is 2.50 bits per heavy atom. The van der Waals surface area contributed by atoms with Gasteiger partial charge in [0, 0.05) is 16.3 Å². The van der Waals surface area contributed by atoms with Crippen LogP contribution >= 0.6 is 11.6 Å². The lowest BCUT2D eigenvalue weighted by Crippen LogP contribution is -2.33. The van der Waals surface area contributed by atoms with Crippen molar-refractivity contribution in [2.45, 2.75) is 39.5 Å². The molecule has 0 atom stereocenters. The number of rotatable bonds is 0. The largest absolute Gasteiger partial charge is 0.444 e. The molecule has 1 heterocycles. The van der Waals surface area contributed by atoms with E-state index in [1.54, 1.807) is 17.0 Å². The summed E-state index contributed by atoms with van der Waals surface area (Å²) >= 11 is 6.11. The van der Waals surface area contributed by atoms with Crippen LogP contribution in [0.4, 0.5) is 10.5 Å². The van der Waals surface area contributed by atoms with Gasteiger partial charge in [-0.15, -0.1) is 0 Å². The van der Waals surface area contributed by atoms with Crippen molar-refractivity contribution in [2.24, 2.45) is 0 Å². The summed E-state index contributed by atoms with van der Waals surface area (Å²) < 4.78 is 5.34. The molecule has 1 amide bonds. The minimum absolute atomic E-state index is 0.339. The van der Waals surface area contributed by atoms with Crippen LogP contribution in [0, 0.1) is 0 Å². The minimum atomic E-state index is -0.499. The first-order valence-corrected chi connectivity index (χ1v) is 6.19. The summed E-state index contributed by atoms with van der Waals surface area (Å²) in [7, 11) is 0. The molecule has 1 aromatic rings. The molecule has 0 aliphatic carbocycles. The summed E-state index contributed by atoms with van der Waals surface area (Å²) in [6.45, 7) is 6.44. The minimum Gasteiger partial charge on any atom is -0.444 e. The number of nitrogen functional groups attached to an aromatic ring is 1. The maximum Gasteiger partial charge on any atom is 0.410 e. The van der Waals surface area contributed by atoms with Gasteiger partial charge in [0.2, 0.25) is 0 Å². The van der Waals surface area contributed by atoms with Crippen molar-refractivity contribution < 1.29 is 9.53 Å². The molecule has 1 aliphatic rings. The van der Waals surface area contributed by atoms with Crippen molar-refractivity contribution in [2.75, 3.05) is 5.73 Å². The van der Waals surface area contributed by atoms with E-state index in [0.29, 0.717) is 23.8 Å². The summed E-state index contributed by atoms with van der Waals surface area (Å²) in [5.41, 5.74) is 7.90. The summed E-state index contributed by atoms with van der Waals surface area (Å²) in [5.74, 6) is 0. The number of anilines is 1. The molecule has 0 unspecified atom stereocenters. The molecule has 0 saturated heterocycles. The highest BCUT2D eigenvalue weighted by Crippen LogP contribution is 2.33. The number of hydrogen-bond acceptors (Lipinski definition) is 3. The van der Waals surface area contributed by atoms with Crippen LogP contribution in [0.15, 0.2) is 12.1 Å². The van der Waals surface area contributed by atoms with Gasteiger partial charge in [-0.25, -0.2) is 4.79 Å². The molecule has 0 aromatic heterocycles. The van der Waals surface area contributed by atoms with Crippen LogP contribution in [-0.2, 0) is 17.8 Å². The number of carbonyl (C=O) groups excluding carboxylic acids is 1. The number of nitrogens with two attached hydrogens (primary N) is 1. The number of carbonyl (C=O) groups is 1. The topological polar surface area (TPSA) is 55.6 Å². The molecule has 0 radical (unpaired) electrons. The Balaban J connectivity index is 2.18. The molecule has 4 nitrogen and oxygen atoms in total. The Bertz CT molecular complexity index is 463. The summed E-state index contributed by atoms with van der Waals surface area (Å²) in [4.78, 5) is 13.6. The second-order valence-electron chi connectivity index (χ2n) is 5.43. The van der Waals surface area contributed by atoms with Crippen molar-refractivity contribution in [1.29, 1.82) is 0 Å². The average molecular weight is 269 g/mol. The number of hydrogen-bond donors (Lipinski definition) is 1. The average Bonchev–Trinajstić information content (AvgIpc) is 2.67. The van der Waals surface area contributed by atoms with Crippen molar-refractivity contribution in [3.05, 3.63) is 28.3 Å². The SMILES string of the molecule is CC(C)(C)OC(=O)N1Cc2c(N)ccc(Cl)c2C1. The summed E-state index contributed by atoms with van der Waals surface area (Å²) in [5, 5.41) is 0.644. The molecular formula is C13H17ClN2O2. The molecule has 0 bridgehead atoms. The van der Waals surface area contributed by atoms with E-state index in [0.717, 1.165) is 11.1 Å². The number of ether oxygens (including phenoxy) is 1. The van der Waals surface area contributed by atoms with Gasteiger partial charge in [-0.2, -0.15) is 0 Å². The first-order valence-electron chi connectivity index (χ1n) is 5.81. The summed E-state index contributed by atoms with van der Waals surface area (Å²) in [6.07, 6.45) is -0.339.